The van der Waals surface area contributed by atoms with Crippen LogP contribution in [0.2, 0.25) is 0 Å². The number of nitrogens with one attached hydrogen (secondary N) is 1. The normalized spacial score (nSPS) is 25.6. The second-order valence-corrected chi connectivity index (χ2v) is 3.79. The summed E-state index contributed by atoms with van der Waals surface area (Å²) in [4.78, 5) is 11.5. The van der Waals surface area contributed by atoms with Gasteiger partial charge in [-0.05, 0) is 26.3 Å². The summed E-state index contributed by atoms with van der Waals surface area (Å²) in [5.74, 6) is -0.556. The number of hydrogen-bond donors (Lipinski definition) is 1. The Morgan fingerprint density at radius 3 is 2.76 bits per heavy atom. The Kier molecular flexibility index (Phi) is 5.20. The molecule has 0 saturated carbocycles. The van der Waals surface area contributed by atoms with Crippen molar-refractivity contribution >= 4 is 5.97 Å². The van der Waals surface area contributed by atoms with E-state index in [4.69, 9.17) is 9.47 Å². The summed E-state index contributed by atoms with van der Waals surface area (Å²) in [6, 6.07) is -0.800. The van der Waals surface area contributed by atoms with Crippen molar-refractivity contribution in [3.8, 4) is 0 Å². The van der Waals surface area contributed by atoms with E-state index in [1.54, 1.807) is 6.92 Å². The van der Waals surface area contributed by atoms with Gasteiger partial charge in [0.2, 0.25) is 0 Å². The van der Waals surface area contributed by atoms with E-state index >= 15 is 0 Å². The first-order chi connectivity index (χ1) is 7.94. The summed E-state index contributed by atoms with van der Waals surface area (Å²) in [7, 11) is 0. The van der Waals surface area contributed by atoms with Crippen LogP contribution in [0.25, 0.3) is 0 Å². The summed E-state index contributed by atoms with van der Waals surface area (Å²) in [5.41, 5.74) is 0. The zero-order valence-electron chi connectivity index (χ0n) is 9.55. The van der Waals surface area contributed by atoms with Gasteiger partial charge in [0.05, 0.1) is 12.7 Å². The Balaban J connectivity index is 2.50. The van der Waals surface area contributed by atoms with Crippen molar-refractivity contribution in [3.63, 3.8) is 0 Å². The number of hydrogen-bond acceptors (Lipinski definition) is 4. The largest absolute Gasteiger partial charge is 0.465 e. The molecular formula is C10H16F3NO3. The van der Waals surface area contributed by atoms with Gasteiger partial charge in [-0.1, -0.05) is 0 Å². The predicted molar refractivity (Wildman–Crippen MR) is 53.5 cm³/mol. The molecule has 1 aliphatic heterocycles. The molecule has 1 rings (SSSR count). The van der Waals surface area contributed by atoms with Crippen LogP contribution in [0, 0.1) is 0 Å². The highest BCUT2D eigenvalue weighted by atomic mass is 19.4. The highest BCUT2D eigenvalue weighted by Gasteiger charge is 2.36. The van der Waals surface area contributed by atoms with Crippen molar-refractivity contribution in [3.05, 3.63) is 0 Å². The number of rotatable bonds is 4. The maximum atomic E-state index is 12.0. The molecule has 100 valence electrons. The van der Waals surface area contributed by atoms with Crippen LogP contribution in [0.3, 0.4) is 0 Å². The standard InChI is InChI=1S/C10H16F3NO3/c1-2-16-9(15)8-7(4-3-5-14-8)17-6-10(11,12)13/h7-8,14H,2-6H2,1H3. The summed E-state index contributed by atoms with van der Waals surface area (Å²) in [5, 5.41) is 2.82. The first-order valence-corrected chi connectivity index (χ1v) is 5.52. The van der Waals surface area contributed by atoms with Gasteiger partial charge in [0.15, 0.2) is 0 Å². The van der Waals surface area contributed by atoms with Gasteiger partial charge in [0, 0.05) is 0 Å². The Morgan fingerprint density at radius 1 is 1.47 bits per heavy atom. The molecule has 1 saturated heterocycles. The highest BCUT2D eigenvalue weighted by molar-refractivity contribution is 5.76. The van der Waals surface area contributed by atoms with Crippen LogP contribution in [0.5, 0.6) is 0 Å². The molecule has 0 amide bonds. The van der Waals surface area contributed by atoms with E-state index in [0.717, 1.165) is 0 Å². The van der Waals surface area contributed by atoms with Crippen LogP contribution in [-0.4, -0.2) is 44.0 Å². The van der Waals surface area contributed by atoms with E-state index in [9.17, 15) is 18.0 Å². The Labute approximate surface area is 97.5 Å². The van der Waals surface area contributed by atoms with Crippen LogP contribution < -0.4 is 5.32 Å². The number of carbonyl (C=O) groups is 1. The van der Waals surface area contributed by atoms with Gasteiger partial charge in [0.25, 0.3) is 0 Å². The lowest BCUT2D eigenvalue weighted by molar-refractivity contribution is -0.193. The molecule has 0 aromatic heterocycles. The number of halogens is 3. The van der Waals surface area contributed by atoms with Crippen molar-refractivity contribution in [2.45, 2.75) is 38.1 Å². The number of alkyl halides is 3. The molecule has 0 bridgehead atoms. The van der Waals surface area contributed by atoms with Crippen LogP contribution >= 0.6 is 0 Å². The highest BCUT2D eigenvalue weighted by Crippen LogP contribution is 2.20. The molecule has 0 spiro atoms. The van der Waals surface area contributed by atoms with Crippen LogP contribution in [0.15, 0.2) is 0 Å². The Bertz CT molecular complexity index is 258. The van der Waals surface area contributed by atoms with E-state index in [-0.39, 0.29) is 6.61 Å². The van der Waals surface area contributed by atoms with E-state index in [1.165, 1.54) is 0 Å². The molecule has 2 atom stereocenters. The van der Waals surface area contributed by atoms with Gasteiger partial charge in [-0.25, -0.2) is 0 Å². The minimum absolute atomic E-state index is 0.197. The maximum Gasteiger partial charge on any atom is 0.411 e. The average molecular weight is 255 g/mol. The fourth-order valence-electron chi connectivity index (χ4n) is 1.71. The first kappa shape index (κ1) is 14.2. The summed E-state index contributed by atoms with van der Waals surface area (Å²) in [6.45, 7) is 1.08. The van der Waals surface area contributed by atoms with Crippen molar-refractivity contribution in [2.75, 3.05) is 19.8 Å². The second kappa shape index (κ2) is 6.20. The topological polar surface area (TPSA) is 47.6 Å². The molecule has 0 aromatic rings. The van der Waals surface area contributed by atoms with Gasteiger partial charge < -0.3 is 14.8 Å². The fraction of sp³-hybridized carbons (Fsp3) is 0.900. The molecule has 1 N–H and O–H groups in total. The quantitative estimate of drug-likeness (QED) is 0.768. The van der Waals surface area contributed by atoms with Gasteiger partial charge in [-0.3, -0.25) is 4.79 Å². The molecule has 1 fully saturated rings. The zero-order chi connectivity index (χ0) is 12.9. The molecule has 17 heavy (non-hydrogen) atoms. The minimum atomic E-state index is -4.38. The third-order valence-electron chi connectivity index (χ3n) is 2.40. The lowest BCUT2D eigenvalue weighted by atomic mass is 10.0. The molecule has 0 aliphatic carbocycles. The Hall–Kier alpha value is -0.820. The van der Waals surface area contributed by atoms with Gasteiger partial charge >= 0.3 is 12.1 Å². The fourth-order valence-corrected chi connectivity index (χ4v) is 1.71. The molecule has 7 heteroatoms. The van der Waals surface area contributed by atoms with E-state index in [0.29, 0.717) is 19.4 Å². The molecule has 4 nitrogen and oxygen atoms in total. The maximum absolute atomic E-state index is 12.0. The summed E-state index contributed by atoms with van der Waals surface area (Å²) in [6.07, 6.45) is -4.05. The molecule has 1 aliphatic rings. The van der Waals surface area contributed by atoms with Gasteiger partial charge in [0.1, 0.15) is 12.6 Å². The third-order valence-corrected chi connectivity index (χ3v) is 2.40. The molecule has 2 unspecified atom stereocenters. The van der Waals surface area contributed by atoms with Crippen LogP contribution in [-0.2, 0) is 14.3 Å². The number of carbonyl (C=O) groups excluding carboxylic acids is 1. The van der Waals surface area contributed by atoms with Crippen LogP contribution in [0.1, 0.15) is 19.8 Å². The zero-order valence-corrected chi connectivity index (χ0v) is 9.55. The smallest absolute Gasteiger partial charge is 0.411 e. The first-order valence-electron chi connectivity index (χ1n) is 5.52. The Morgan fingerprint density at radius 2 is 2.18 bits per heavy atom. The lowest BCUT2D eigenvalue weighted by Crippen LogP contribution is -2.52. The lowest BCUT2D eigenvalue weighted by Gasteiger charge is -2.31. The van der Waals surface area contributed by atoms with Gasteiger partial charge in [-0.15, -0.1) is 0 Å². The minimum Gasteiger partial charge on any atom is -0.465 e. The van der Waals surface area contributed by atoms with Crippen LogP contribution in [0.4, 0.5) is 13.2 Å². The molecule has 0 radical (unpaired) electrons. The van der Waals surface area contributed by atoms with Crippen molar-refractivity contribution in [1.82, 2.24) is 5.32 Å². The number of piperidine rings is 1. The molecule has 1 heterocycles. The van der Waals surface area contributed by atoms with E-state index in [2.05, 4.69) is 5.32 Å². The summed E-state index contributed by atoms with van der Waals surface area (Å²) < 4.78 is 45.6. The SMILES string of the molecule is CCOC(=O)C1NCCCC1OCC(F)(F)F. The summed E-state index contributed by atoms with van der Waals surface area (Å²) >= 11 is 0. The number of esters is 1. The third kappa shape index (κ3) is 4.91. The van der Waals surface area contributed by atoms with Gasteiger partial charge in [-0.2, -0.15) is 13.2 Å². The predicted octanol–water partition coefficient (Wildman–Crippen LogP) is 1.25. The van der Waals surface area contributed by atoms with Crippen molar-refractivity contribution < 1.29 is 27.4 Å². The van der Waals surface area contributed by atoms with E-state index < -0.39 is 30.9 Å². The average Bonchev–Trinajstić information content (AvgIpc) is 2.26. The monoisotopic (exact) mass is 255 g/mol. The van der Waals surface area contributed by atoms with Crippen molar-refractivity contribution in [1.29, 1.82) is 0 Å². The van der Waals surface area contributed by atoms with E-state index in [1.807, 2.05) is 0 Å². The second-order valence-electron chi connectivity index (χ2n) is 3.79. The van der Waals surface area contributed by atoms with Crippen molar-refractivity contribution in [2.24, 2.45) is 0 Å². The number of ether oxygens (including phenoxy) is 2. The molecule has 0 aromatic carbocycles. The molecular weight excluding hydrogens is 239 g/mol.